The molecule has 13 heavy (non-hydrogen) atoms. The zero-order valence-electron chi connectivity index (χ0n) is 7.20. The molecule has 2 aliphatic rings. The van der Waals surface area contributed by atoms with E-state index in [-0.39, 0.29) is 11.8 Å². The van der Waals surface area contributed by atoms with E-state index in [0.29, 0.717) is 5.92 Å². The van der Waals surface area contributed by atoms with Crippen molar-refractivity contribution in [1.29, 1.82) is 15.8 Å². The number of hydrogen-bond donors (Lipinski definition) is 0. The first-order chi connectivity index (χ1) is 6.28. The van der Waals surface area contributed by atoms with Crippen molar-refractivity contribution in [2.75, 3.05) is 0 Å². The smallest absolute Gasteiger partial charge is 0.162 e. The molecule has 3 nitrogen and oxygen atoms in total. The Hall–Kier alpha value is -1.53. The molecule has 3 atom stereocenters. The Kier molecular flexibility index (Phi) is 1.54. The molecule has 0 aromatic carbocycles. The Morgan fingerprint density at radius 3 is 2.23 bits per heavy atom. The van der Waals surface area contributed by atoms with Crippen molar-refractivity contribution in [1.82, 2.24) is 0 Å². The molecule has 2 bridgehead atoms. The molecule has 2 saturated carbocycles. The molecule has 0 aromatic heterocycles. The van der Waals surface area contributed by atoms with Crippen LogP contribution in [0.25, 0.3) is 0 Å². The van der Waals surface area contributed by atoms with Gasteiger partial charge in [0.2, 0.25) is 0 Å². The van der Waals surface area contributed by atoms with E-state index in [2.05, 4.69) is 18.2 Å². The average molecular weight is 171 g/mol. The summed E-state index contributed by atoms with van der Waals surface area (Å²) in [7, 11) is 0. The SMILES string of the molecule is N#CC1C2CCC(C2)C1(C#N)C#N. The minimum atomic E-state index is -0.988. The predicted molar refractivity (Wildman–Crippen MR) is 43.6 cm³/mol. The Bertz CT molecular complexity index is 338. The van der Waals surface area contributed by atoms with Crippen molar-refractivity contribution in [2.45, 2.75) is 19.3 Å². The second kappa shape index (κ2) is 2.48. The van der Waals surface area contributed by atoms with E-state index in [1.165, 1.54) is 0 Å². The van der Waals surface area contributed by atoms with Crippen molar-refractivity contribution in [3.63, 3.8) is 0 Å². The van der Waals surface area contributed by atoms with Gasteiger partial charge in [-0.2, -0.15) is 15.8 Å². The highest BCUT2D eigenvalue weighted by Crippen LogP contribution is 2.58. The molecule has 3 heteroatoms. The van der Waals surface area contributed by atoms with E-state index in [0.717, 1.165) is 19.3 Å². The summed E-state index contributed by atoms with van der Waals surface area (Å²) in [6, 6.07) is 6.29. The topological polar surface area (TPSA) is 71.4 Å². The van der Waals surface area contributed by atoms with Crippen LogP contribution in [0.15, 0.2) is 0 Å². The largest absolute Gasteiger partial charge is 0.198 e. The lowest BCUT2D eigenvalue weighted by molar-refractivity contribution is 0.256. The minimum absolute atomic E-state index is 0.150. The number of nitriles is 3. The van der Waals surface area contributed by atoms with Gasteiger partial charge in [-0.15, -0.1) is 0 Å². The summed E-state index contributed by atoms with van der Waals surface area (Å²) in [5, 5.41) is 27.0. The van der Waals surface area contributed by atoms with Gasteiger partial charge in [0.1, 0.15) is 0 Å². The van der Waals surface area contributed by atoms with Gasteiger partial charge in [-0.3, -0.25) is 0 Å². The Balaban J connectivity index is 2.46. The van der Waals surface area contributed by atoms with Gasteiger partial charge in [-0.25, -0.2) is 0 Å². The second-order valence-electron chi connectivity index (χ2n) is 3.97. The summed E-state index contributed by atoms with van der Waals surface area (Å²) in [6.07, 6.45) is 2.87. The first kappa shape index (κ1) is 8.09. The highest BCUT2D eigenvalue weighted by atomic mass is 14.6. The highest BCUT2D eigenvalue weighted by molar-refractivity contribution is 5.29. The molecule has 0 amide bonds. The fourth-order valence-corrected chi connectivity index (χ4v) is 2.91. The van der Waals surface area contributed by atoms with Crippen LogP contribution in [0.5, 0.6) is 0 Å². The first-order valence-electron chi connectivity index (χ1n) is 4.50. The molecule has 0 aliphatic heterocycles. The minimum Gasteiger partial charge on any atom is -0.198 e. The molecule has 0 N–H and O–H groups in total. The standard InChI is InChI=1S/C10H9N3/c11-4-9-7-1-2-8(3-7)10(9,5-12)6-13/h7-9H,1-3H2. The third kappa shape index (κ3) is 0.758. The molecule has 2 rings (SSSR count). The van der Waals surface area contributed by atoms with E-state index in [1.807, 2.05) is 0 Å². The Morgan fingerprint density at radius 1 is 1.08 bits per heavy atom. The third-order valence-corrected chi connectivity index (χ3v) is 3.59. The lowest BCUT2D eigenvalue weighted by Crippen LogP contribution is -2.32. The van der Waals surface area contributed by atoms with Crippen LogP contribution in [-0.4, -0.2) is 0 Å². The predicted octanol–water partition coefficient (Wildman–Crippen LogP) is 1.59. The summed E-state index contributed by atoms with van der Waals surface area (Å²) in [5.74, 6) is 0.104. The van der Waals surface area contributed by atoms with Gasteiger partial charge in [0.15, 0.2) is 5.41 Å². The Labute approximate surface area is 77.2 Å². The normalized spacial score (nSPS) is 39.0. The Morgan fingerprint density at radius 2 is 1.77 bits per heavy atom. The molecule has 0 radical (unpaired) electrons. The second-order valence-corrected chi connectivity index (χ2v) is 3.97. The van der Waals surface area contributed by atoms with Crippen molar-refractivity contribution in [2.24, 2.45) is 23.2 Å². The van der Waals surface area contributed by atoms with Gasteiger partial charge in [-0.1, -0.05) is 0 Å². The third-order valence-electron chi connectivity index (χ3n) is 3.59. The molecule has 2 fully saturated rings. The van der Waals surface area contributed by atoms with Crippen molar-refractivity contribution < 1.29 is 0 Å². The lowest BCUT2D eigenvalue weighted by atomic mass is 9.68. The van der Waals surface area contributed by atoms with Gasteiger partial charge in [0.25, 0.3) is 0 Å². The lowest BCUT2D eigenvalue weighted by Gasteiger charge is -2.27. The van der Waals surface area contributed by atoms with E-state index < -0.39 is 5.41 Å². The summed E-state index contributed by atoms with van der Waals surface area (Å²) in [5.41, 5.74) is -0.988. The quantitative estimate of drug-likeness (QED) is 0.555. The van der Waals surface area contributed by atoms with Crippen LogP contribution >= 0.6 is 0 Å². The van der Waals surface area contributed by atoms with Gasteiger partial charge >= 0.3 is 0 Å². The van der Waals surface area contributed by atoms with E-state index in [4.69, 9.17) is 15.8 Å². The number of hydrogen-bond acceptors (Lipinski definition) is 3. The van der Waals surface area contributed by atoms with Gasteiger partial charge < -0.3 is 0 Å². The monoisotopic (exact) mass is 171 g/mol. The van der Waals surface area contributed by atoms with Crippen LogP contribution in [0.3, 0.4) is 0 Å². The maximum absolute atomic E-state index is 9.02. The first-order valence-corrected chi connectivity index (χ1v) is 4.50. The summed E-state index contributed by atoms with van der Waals surface area (Å²) in [6.45, 7) is 0. The fourth-order valence-electron chi connectivity index (χ4n) is 2.91. The van der Waals surface area contributed by atoms with Crippen molar-refractivity contribution >= 4 is 0 Å². The number of nitrogens with zero attached hydrogens (tertiary/aromatic N) is 3. The summed E-state index contributed by atoms with van der Waals surface area (Å²) in [4.78, 5) is 0. The summed E-state index contributed by atoms with van der Waals surface area (Å²) < 4.78 is 0. The highest BCUT2D eigenvalue weighted by Gasteiger charge is 2.59. The number of fused-ring (bicyclic) bond motifs is 2. The van der Waals surface area contributed by atoms with Crippen LogP contribution in [-0.2, 0) is 0 Å². The van der Waals surface area contributed by atoms with Gasteiger partial charge in [0, 0.05) is 0 Å². The van der Waals surface area contributed by atoms with E-state index in [9.17, 15) is 0 Å². The molecule has 3 unspecified atom stereocenters. The van der Waals surface area contributed by atoms with Crippen LogP contribution < -0.4 is 0 Å². The van der Waals surface area contributed by atoms with Gasteiger partial charge in [0.05, 0.1) is 24.1 Å². The maximum atomic E-state index is 9.02. The van der Waals surface area contributed by atoms with Crippen LogP contribution in [0.2, 0.25) is 0 Å². The zero-order chi connectivity index (χ0) is 9.47. The summed E-state index contributed by atoms with van der Waals surface area (Å²) >= 11 is 0. The molecular weight excluding hydrogens is 162 g/mol. The molecule has 0 spiro atoms. The van der Waals surface area contributed by atoms with Crippen LogP contribution in [0.4, 0.5) is 0 Å². The van der Waals surface area contributed by atoms with Crippen LogP contribution in [0, 0.1) is 57.2 Å². The van der Waals surface area contributed by atoms with E-state index >= 15 is 0 Å². The molecule has 0 saturated heterocycles. The zero-order valence-corrected chi connectivity index (χ0v) is 7.20. The molecule has 0 heterocycles. The van der Waals surface area contributed by atoms with Gasteiger partial charge in [-0.05, 0) is 31.1 Å². The molecular formula is C10H9N3. The maximum Gasteiger partial charge on any atom is 0.162 e. The average Bonchev–Trinajstić information content (AvgIpc) is 2.74. The molecule has 64 valence electrons. The van der Waals surface area contributed by atoms with Crippen LogP contribution in [0.1, 0.15) is 19.3 Å². The molecule has 2 aliphatic carbocycles. The van der Waals surface area contributed by atoms with Crippen molar-refractivity contribution in [3.8, 4) is 18.2 Å². The molecule has 0 aromatic rings. The van der Waals surface area contributed by atoms with Crippen molar-refractivity contribution in [3.05, 3.63) is 0 Å². The number of rotatable bonds is 0. The fraction of sp³-hybridized carbons (Fsp3) is 0.700. The van der Waals surface area contributed by atoms with E-state index in [1.54, 1.807) is 0 Å².